The van der Waals surface area contributed by atoms with E-state index in [2.05, 4.69) is 30.2 Å². The second-order valence-electron chi connectivity index (χ2n) is 4.44. The third-order valence-electron chi connectivity index (χ3n) is 3.35. The van der Waals surface area contributed by atoms with E-state index >= 15 is 0 Å². The fraction of sp³-hybridized carbons (Fsp3) is 0.133. The molecule has 0 aliphatic rings. The molecular weight excluding hydrogens is 244 g/mol. The van der Waals surface area contributed by atoms with E-state index in [9.17, 15) is 0 Å². The first-order chi connectivity index (χ1) is 8.66. The van der Waals surface area contributed by atoms with Crippen molar-refractivity contribution >= 4 is 22.4 Å². The van der Waals surface area contributed by atoms with Gasteiger partial charge in [-0.3, -0.25) is 4.68 Å². The van der Waals surface area contributed by atoms with Gasteiger partial charge < -0.3 is 0 Å². The first-order valence-corrected chi connectivity index (χ1v) is 6.22. The molecule has 3 aromatic rings. The standard InChI is InChI=1S/C15H13ClN2/c1-10-13(15-7-8-17-18(15)2)6-4-11-3-5-12(16)9-14(10)11/h3-9H,1-2H3. The highest BCUT2D eigenvalue weighted by molar-refractivity contribution is 6.31. The van der Waals surface area contributed by atoms with Crippen LogP contribution in [0.1, 0.15) is 5.56 Å². The van der Waals surface area contributed by atoms with Crippen LogP contribution in [-0.2, 0) is 7.05 Å². The zero-order valence-corrected chi connectivity index (χ0v) is 11.1. The smallest absolute Gasteiger partial charge is 0.0681 e. The predicted octanol–water partition coefficient (Wildman–Crippen LogP) is 4.20. The van der Waals surface area contributed by atoms with Crippen LogP contribution in [0.25, 0.3) is 22.0 Å². The number of halogens is 1. The van der Waals surface area contributed by atoms with E-state index in [1.807, 2.05) is 36.1 Å². The number of fused-ring (bicyclic) bond motifs is 1. The first-order valence-electron chi connectivity index (χ1n) is 5.84. The average molecular weight is 257 g/mol. The third-order valence-corrected chi connectivity index (χ3v) is 3.58. The topological polar surface area (TPSA) is 17.8 Å². The van der Waals surface area contributed by atoms with Crippen molar-refractivity contribution in [1.29, 1.82) is 0 Å². The van der Waals surface area contributed by atoms with Crippen LogP contribution in [-0.4, -0.2) is 9.78 Å². The lowest BCUT2D eigenvalue weighted by Crippen LogP contribution is -1.95. The molecule has 1 aromatic heterocycles. The normalized spacial score (nSPS) is 11.1. The van der Waals surface area contributed by atoms with Crippen molar-refractivity contribution in [3.05, 3.63) is 53.2 Å². The molecule has 18 heavy (non-hydrogen) atoms. The fourth-order valence-corrected chi connectivity index (χ4v) is 2.53. The van der Waals surface area contributed by atoms with Crippen molar-refractivity contribution in [2.24, 2.45) is 7.05 Å². The van der Waals surface area contributed by atoms with Gasteiger partial charge in [0.1, 0.15) is 0 Å². The maximum Gasteiger partial charge on any atom is 0.0681 e. The molecule has 0 N–H and O–H groups in total. The van der Waals surface area contributed by atoms with Gasteiger partial charge in [-0.05, 0) is 41.5 Å². The molecule has 0 saturated carbocycles. The molecule has 0 unspecified atom stereocenters. The molecule has 0 fully saturated rings. The third kappa shape index (κ3) is 1.70. The molecule has 90 valence electrons. The summed E-state index contributed by atoms with van der Waals surface area (Å²) in [5.74, 6) is 0. The summed E-state index contributed by atoms with van der Waals surface area (Å²) in [7, 11) is 1.96. The van der Waals surface area contributed by atoms with Crippen LogP contribution >= 0.6 is 11.6 Å². The van der Waals surface area contributed by atoms with Crippen molar-refractivity contribution in [3.8, 4) is 11.3 Å². The second kappa shape index (κ2) is 4.14. The summed E-state index contributed by atoms with van der Waals surface area (Å²) in [5.41, 5.74) is 3.55. The minimum Gasteiger partial charge on any atom is -0.268 e. The highest BCUT2D eigenvalue weighted by atomic mass is 35.5. The molecule has 3 heteroatoms. The lowest BCUT2D eigenvalue weighted by atomic mass is 9.98. The number of benzene rings is 2. The van der Waals surface area contributed by atoms with Gasteiger partial charge in [-0.15, -0.1) is 0 Å². The van der Waals surface area contributed by atoms with Gasteiger partial charge in [0.15, 0.2) is 0 Å². The highest BCUT2D eigenvalue weighted by Crippen LogP contribution is 2.30. The molecule has 3 rings (SSSR count). The largest absolute Gasteiger partial charge is 0.268 e. The van der Waals surface area contributed by atoms with Gasteiger partial charge in [0.05, 0.1) is 5.69 Å². The Hall–Kier alpha value is -1.80. The molecule has 0 bridgehead atoms. The quantitative estimate of drug-likeness (QED) is 0.638. The van der Waals surface area contributed by atoms with Crippen LogP contribution < -0.4 is 0 Å². The highest BCUT2D eigenvalue weighted by Gasteiger charge is 2.09. The van der Waals surface area contributed by atoms with Crippen molar-refractivity contribution in [1.82, 2.24) is 9.78 Å². The zero-order valence-electron chi connectivity index (χ0n) is 10.3. The molecule has 2 nitrogen and oxygen atoms in total. The van der Waals surface area contributed by atoms with Crippen LogP contribution in [0, 0.1) is 6.92 Å². The Bertz CT molecular complexity index is 728. The average Bonchev–Trinajstić information content (AvgIpc) is 2.77. The first kappa shape index (κ1) is 11.3. The lowest BCUT2D eigenvalue weighted by Gasteiger charge is -2.10. The van der Waals surface area contributed by atoms with Crippen LogP contribution in [0.4, 0.5) is 0 Å². The number of nitrogens with zero attached hydrogens (tertiary/aromatic N) is 2. The van der Waals surface area contributed by atoms with E-state index in [1.54, 1.807) is 0 Å². The predicted molar refractivity (Wildman–Crippen MR) is 75.9 cm³/mol. The Kier molecular flexibility index (Phi) is 2.60. The zero-order chi connectivity index (χ0) is 12.7. The Morgan fingerprint density at radius 2 is 1.89 bits per heavy atom. The number of hydrogen-bond donors (Lipinski definition) is 0. The maximum absolute atomic E-state index is 6.08. The molecule has 2 aromatic carbocycles. The second-order valence-corrected chi connectivity index (χ2v) is 4.88. The molecule has 1 heterocycles. The minimum atomic E-state index is 0.771. The van der Waals surface area contributed by atoms with Gasteiger partial charge in [0.2, 0.25) is 0 Å². The summed E-state index contributed by atoms with van der Waals surface area (Å²) in [6, 6.07) is 12.3. The summed E-state index contributed by atoms with van der Waals surface area (Å²) >= 11 is 6.08. The summed E-state index contributed by atoms with van der Waals surface area (Å²) in [6.07, 6.45) is 1.82. The van der Waals surface area contributed by atoms with Crippen molar-refractivity contribution < 1.29 is 0 Å². The summed E-state index contributed by atoms with van der Waals surface area (Å²) in [4.78, 5) is 0. The monoisotopic (exact) mass is 256 g/mol. The van der Waals surface area contributed by atoms with Crippen molar-refractivity contribution in [2.75, 3.05) is 0 Å². The van der Waals surface area contributed by atoms with Gasteiger partial charge in [-0.2, -0.15) is 5.10 Å². The van der Waals surface area contributed by atoms with Crippen LogP contribution in [0.5, 0.6) is 0 Å². The van der Waals surface area contributed by atoms with Crippen molar-refractivity contribution in [3.63, 3.8) is 0 Å². The van der Waals surface area contributed by atoms with Gasteiger partial charge in [0.25, 0.3) is 0 Å². The minimum absolute atomic E-state index is 0.771. The van der Waals surface area contributed by atoms with Gasteiger partial charge in [0, 0.05) is 23.8 Å². The summed E-state index contributed by atoms with van der Waals surface area (Å²) in [5, 5.41) is 7.40. The van der Waals surface area contributed by atoms with Crippen LogP contribution in [0.2, 0.25) is 5.02 Å². The lowest BCUT2D eigenvalue weighted by molar-refractivity contribution is 0.775. The number of hydrogen-bond acceptors (Lipinski definition) is 1. The van der Waals surface area contributed by atoms with E-state index in [-0.39, 0.29) is 0 Å². The maximum atomic E-state index is 6.08. The Morgan fingerprint density at radius 1 is 1.11 bits per heavy atom. The molecule has 0 aliphatic carbocycles. The molecule has 0 spiro atoms. The molecule has 0 amide bonds. The fourth-order valence-electron chi connectivity index (χ4n) is 2.36. The van der Waals surface area contributed by atoms with E-state index in [0.717, 1.165) is 10.7 Å². The number of aromatic nitrogens is 2. The van der Waals surface area contributed by atoms with E-state index in [0.29, 0.717) is 0 Å². The molecule has 0 atom stereocenters. The van der Waals surface area contributed by atoms with Gasteiger partial charge in [-0.25, -0.2) is 0 Å². The SMILES string of the molecule is Cc1c(-c2ccnn2C)ccc2ccc(Cl)cc12. The van der Waals surface area contributed by atoms with Crippen LogP contribution in [0.3, 0.4) is 0 Å². The summed E-state index contributed by atoms with van der Waals surface area (Å²) in [6.45, 7) is 2.13. The van der Waals surface area contributed by atoms with Gasteiger partial charge in [-0.1, -0.05) is 29.8 Å². The molecule has 0 aliphatic heterocycles. The summed E-state index contributed by atoms with van der Waals surface area (Å²) < 4.78 is 1.89. The number of aryl methyl sites for hydroxylation is 2. The Labute approximate surface area is 111 Å². The Morgan fingerprint density at radius 3 is 2.61 bits per heavy atom. The van der Waals surface area contributed by atoms with Crippen LogP contribution in [0.15, 0.2) is 42.6 Å². The Balaban J connectivity index is 2.32. The molecular formula is C15H13ClN2. The van der Waals surface area contributed by atoms with Crippen molar-refractivity contribution in [2.45, 2.75) is 6.92 Å². The van der Waals surface area contributed by atoms with Gasteiger partial charge >= 0.3 is 0 Å². The molecule has 0 saturated heterocycles. The molecule has 0 radical (unpaired) electrons. The van der Waals surface area contributed by atoms with E-state index in [4.69, 9.17) is 11.6 Å². The van der Waals surface area contributed by atoms with E-state index < -0.39 is 0 Å². The van der Waals surface area contributed by atoms with E-state index in [1.165, 1.54) is 21.9 Å². The number of rotatable bonds is 1.